The van der Waals surface area contributed by atoms with E-state index in [0.29, 0.717) is 26.4 Å². The van der Waals surface area contributed by atoms with E-state index in [0.717, 1.165) is 22.3 Å². The van der Waals surface area contributed by atoms with Crippen molar-refractivity contribution in [1.29, 1.82) is 0 Å². The van der Waals surface area contributed by atoms with Crippen molar-refractivity contribution < 1.29 is 17.7 Å². The third kappa shape index (κ3) is 10.4. The smallest absolute Gasteiger partial charge is 0.347 e. The molecule has 0 radical (unpaired) electrons. The number of hydrogen-bond donors (Lipinski definition) is 0. The van der Waals surface area contributed by atoms with Crippen molar-refractivity contribution in [1.82, 2.24) is 0 Å². The second-order valence-corrected chi connectivity index (χ2v) is 7.64. The summed E-state index contributed by atoms with van der Waals surface area (Å²) in [5.74, 6) is 0. The van der Waals surface area contributed by atoms with E-state index < -0.39 is 9.05 Å². The second-order valence-electron chi connectivity index (χ2n) is 5.48. The summed E-state index contributed by atoms with van der Waals surface area (Å²) in [6, 6.07) is 0. The van der Waals surface area contributed by atoms with Gasteiger partial charge in [-0.3, -0.25) is 0 Å². The summed E-state index contributed by atoms with van der Waals surface area (Å²) >= 11 is 0. The maximum Gasteiger partial charge on any atom is 0.680 e. The molecule has 0 aromatic carbocycles. The summed E-state index contributed by atoms with van der Waals surface area (Å²) in [5.41, 5.74) is 3.46. The molecule has 0 fully saturated rings. The molecule has 0 aliphatic heterocycles. The summed E-state index contributed by atoms with van der Waals surface area (Å²) in [4.78, 5) is 0. The molecule has 0 bridgehead atoms. The molecule has 0 rings (SSSR count). The molecule has 21 heavy (non-hydrogen) atoms. The minimum atomic E-state index is -3.29. The Labute approximate surface area is 130 Å². The highest BCUT2D eigenvalue weighted by molar-refractivity contribution is 6.53. The van der Waals surface area contributed by atoms with Crippen molar-refractivity contribution in [2.45, 2.75) is 27.7 Å². The number of rotatable bonds is 12. The first-order valence-electron chi connectivity index (χ1n) is 6.80. The molecule has 0 unspecified atom stereocenters. The summed E-state index contributed by atoms with van der Waals surface area (Å²) in [6.45, 7) is 24.0. The fraction of sp³-hybridized carbons (Fsp3) is 0.500. The van der Waals surface area contributed by atoms with Crippen LogP contribution in [0, 0.1) is 0 Å². The van der Waals surface area contributed by atoms with Crippen LogP contribution in [-0.2, 0) is 17.7 Å². The van der Waals surface area contributed by atoms with Gasteiger partial charge in [-0.05, 0) is 27.7 Å². The Hall–Kier alpha value is -0.983. The van der Waals surface area contributed by atoms with E-state index in [-0.39, 0.29) is 0 Å². The third-order valence-corrected chi connectivity index (χ3v) is 3.97. The minimum Gasteiger partial charge on any atom is -0.347 e. The van der Waals surface area contributed by atoms with Gasteiger partial charge in [-0.25, -0.2) is 0 Å². The standard InChI is InChI=1S/C16H28O4Si/c1-13(2)9-17-21(18-10-14(3)4,19-11-15(5)6)20-12-16(7)8/h1,3,5,7,9-12H2,2,4,6,8H3. The highest BCUT2D eigenvalue weighted by Crippen LogP contribution is 2.16. The van der Waals surface area contributed by atoms with E-state index >= 15 is 0 Å². The predicted octanol–water partition coefficient (Wildman–Crippen LogP) is 3.79. The summed E-state index contributed by atoms with van der Waals surface area (Å²) < 4.78 is 23.2. The van der Waals surface area contributed by atoms with Crippen molar-refractivity contribution >= 4 is 9.05 Å². The van der Waals surface area contributed by atoms with Crippen LogP contribution in [0.5, 0.6) is 0 Å². The van der Waals surface area contributed by atoms with Gasteiger partial charge >= 0.3 is 9.05 Å². The van der Waals surface area contributed by atoms with Crippen molar-refractivity contribution in [3.05, 3.63) is 48.6 Å². The highest BCUT2D eigenvalue weighted by Gasteiger charge is 2.46. The van der Waals surface area contributed by atoms with E-state index in [1.54, 1.807) is 0 Å². The lowest BCUT2D eigenvalue weighted by Crippen LogP contribution is -2.50. The molecule has 5 heteroatoms. The van der Waals surface area contributed by atoms with Crippen LogP contribution in [0.2, 0.25) is 0 Å². The molecule has 0 spiro atoms. The lowest BCUT2D eigenvalue weighted by atomic mass is 10.4. The Morgan fingerprint density at radius 1 is 0.571 bits per heavy atom. The van der Waals surface area contributed by atoms with Crippen LogP contribution in [-0.4, -0.2) is 35.5 Å². The normalized spacial score (nSPS) is 11.2. The van der Waals surface area contributed by atoms with Gasteiger partial charge < -0.3 is 17.7 Å². The van der Waals surface area contributed by atoms with Crippen LogP contribution in [0.15, 0.2) is 48.6 Å². The van der Waals surface area contributed by atoms with Crippen molar-refractivity contribution in [3.63, 3.8) is 0 Å². The predicted molar refractivity (Wildman–Crippen MR) is 88.8 cm³/mol. The minimum absolute atomic E-state index is 0.314. The molecule has 0 atom stereocenters. The maximum absolute atomic E-state index is 5.79. The average molecular weight is 312 g/mol. The van der Waals surface area contributed by atoms with E-state index in [4.69, 9.17) is 17.7 Å². The second kappa shape index (κ2) is 9.86. The van der Waals surface area contributed by atoms with E-state index in [9.17, 15) is 0 Å². The van der Waals surface area contributed by atoms with Crippen LogP contribution >= 0.6 is 0 Å². The molecule has 4 nitrogen and oxygen atoms in total. The lowest BCUT2D eigenvalue weighted by molar-refractivity contribution is -0.0168. The molecule has 0 aromatic heterocycles. The van der Waals surface area contributed by atoms with Gasteiger partial charge in [-0.1, -0.05) is 48.6 Å². The molecule has 0 aliphatic rings. The van der Waals surface area contributed by atoms with Crippen molar-refractivity contribution in [3.8, 4) is 0 Å². The van der Waals surface area contributed by atoms with E-state index in [1.807, 2.05) is 27.7 Å². The van der Waals surface area contributed by atoms with Gasteiger partial charge in [0.15, 0.2) is 0 Å². The Kier molecular flexibility index (Phi) is 9.40. The SMILES string of the molecule is C=C(C)CO[Si](OCC(=C)C)(OCC(=C)C)OCC(=C)C. The number of hydrogen-bond acceptors (Lipinski definition) is 4. The van der Waals surface area contributed by atoms with Crippen LogP contribution < -0.4 is 0 Å². The first-order valence-corrected chi connectivity index (χ1v) is 8.43. The molecule has 0 N–H and O–H groups in total. The van der Waals surface area contributed by atoms with Gasteiger partial charge in [0.1, 0.15) is 0 Å². The largest absolute Gasteiger partial charge is 0.680 e. The maximum atomic E-state index is 5.79. The molecule has 0 aliphatic carbocycles. The Morgan fingerprint density at radius 2 is 0.762 bits per heavy atom. The lowest BCUT2D eigenvalue weighted by Gasteiger charge is -2.28. The van der Waals surface area contributed by atoms with Gasteiger partial charge in [0.05, 0.1) is 26.4 Å². The van der Waals surface area contributed by atoms with Gasteiger partial charge in [-0.2, -0.15) is 0 Å². The first kappa shape index (κ1) is 20.0. The quantitative estimate of drug-likeness (QED) is 0.406. The van der Waals surface area contributed by atoms with Gasteiger partial charge in [-0.15, -0.1) is 0 Å². The summed E-state index contributed by atoms with van der Waals surface area (Å²) in [7, 11) is -3.29. The van der Waals surface area contributed by atoms with E-state index in [1.165, 1.54) is 0 Å². The average Bonchev–Trinajstić information content (AvgIpc) is 2.36. The van der Waals surface area contributed by atoms with Gasteiger partial charge in [0.25, 0.3) is 0 Å². The fourth-order valence-corrected chi connectivity index (χ4v) is 3.29. The molecule has 120 valence electrons. The van der Waals surface area contributed by atoms with Crippen LogP contribution in [0.1, 0.15) is 27.7 Å². The van der Waals surface area contributed by atoms with Gasteiger partial charge in [0.2, 0.25) is 0 Å². The van der Waals surface area contributed by atoms with Crippen LogP contribution in [0.4, 0.5) is 0 Å². The fourth-order valence-electron chi connectivity index (χ4n) is 1.10. The first-order chi connectivity index (χ1) is 9.67. The molecule has 0 heterocycles. The van der Waals surface area contributed by atoms with Gasteiger partial charge in [0, 0.05) is 0 Å². The summed E-state index contributed by atoms with van der Waals surface area (Å²) in [5, 5.41) is 0. The van der Waals surface area contributed by atoms with Crippen LogP contribution in [0.25, 0.3) is 0 Å². The zero-order valence-electron chi connectivity index (χ0n) is 13.8. The molecule has 0 saturated carbocycles. The third-order valence-electron chi connectivity index (χ3n) is 1.98. The Morgan fingerprint density at radius 3 is 0.905 bits per heavy atom. The molecular formula is C16H28O4Si. The molecular weight excluding hydrogens is 284 g/mol. The molecule has 0 saturated heterocycles. The summed E-state index contributed by atoms with van der Waals surface area (Å²) in [6.07, 6.45) is 0. The Balaban J connectivity index is 5.02. The van der Waals surface area contributed by atoms with E-state index in [2.05, 4.69) is 26.3 Å². The van der Waals surface area contributed by atoms with Crippen LogP contribution in [0.3, 0.4) is 0 Å². The molecule has 0 amide bonds. The molecule has 0 aromatic rings. The zero-order valence-corrected chi connectivity index (χ0v) is 14.8. The zero-order chi connectivity index (χ0) is 16.5. The highest BCUT2D eigenvalue weighted by atomic mass is 28.4. The monoisotopic (exact) mass is 312 g/mol. The van der Waals surface area contributed by atoms with Crippen molar-refractivity contribution in [2.24, 2.45) is 0 Å². The topological polar surface area (TPSA) is 36.9 Å². The van der Waals surface area contributed by atoms with Crippen molar-refractivity contribution in [2.75, 3.05) is 26.4 Å². The Bertz CT molecular complexity index is 324.